The highest BCUT2D eigenvalue weighted by Gasteiger charge is 2.45. The van der Waals surface area contributed by atoms with Crippen molar-refractivity contribution in [2.75, 3.05) is 13.1 Å². The van der Waals surface area contributed by atoms with Crippen molar-refractivity contribution in [1.29, 1.82) is 0 Å². The van der Waals surface area contributed by atoms with Gasteiger partial charge in [0.2, 0.25) is 11.8 Å². The van der Waals surface area contributed by atoms with Crippen LogP contribution in [0.3, 0.4) is 0 Å². The average molecular weight is 456 g/mol. The third kappa shape index (κ3) is 3.82. The number of likely N-dealkylation sites (tertiary alicyclic amines) is 1. The normalized spacial score (nSPS) is 30.8. The molecule has 3 aliphatic heterocycles. The molecule has 1 unspecified atom stereocenters. The van der Waals surface area contributed by atoms with Gasteiger partial charge in [-0.1, -0.05) is 6.42 Å². The molecule has 3 heterocycles. The number of ether oxygens (including phenoxy) is 1. The van der Waals surface area contributed by atoms with Crippen molar-refractivity contribution in [3.05, 3.63) is 29.1 Å². The highest BCUT2D eigenvalue weighted by atomic mass is 19.1. The van der Waals surface area contributed by atoms with E-state index in [4.69, 9.17) is 4.74 Å². The maximum atomic E-state index is 15.0. The lowest BCUT2D eigenvalue weighted by Gasteiger charge is -2.48. The van der Waals surface area contributed by atoms with Gasteiger partial charge in [-0.05, 0) is 68.1 Å². The van der Waals surface area contributed by atoms with E-state index in [1.165, 1.54) is 30.2 Å². The van der Waals surface area contributed by atoms with E-state index in [0.717, 1.165) is 44.2 Å². The molecular weight excluding hydrogens is 425 g/mol. The number of fused-ring (bicyclic) bond motifs is 1. The van der Waals surface area contributed by atoms with Crippen LogP contribution in [-0.4, -0.2) is 58.8 Å². The van der Waals surface area contributed by atoms with Crippen molar-refractivity contribution < 1.29 is 23.5 Å². The first-order chi connectivity index (χ1) is 16.0. The maximum Gasteiger partial charge on any atom is 0.255 e. The number of piperidine rings is 1. The van der Waals surface area contributed by atoms with Gasteiger partial charge in [0.1, 0.15) is 12.1 Å². The Morgan fingerprint density at radius 1 is 0.970 bits per heavy atom. The molecule has 1 aromatic carbocycles. The topological polar surface area (TPSA) is 79.0 Å². The van der Waals surface area contributed by atoms with Gasteiger partial charge in [0.25, 0.3) is 5.91 Å². The van der Waals surface area contributed by atoms with Crippen LogP contribution >= 0.6 is 0 Å². The number of hydrogen-bond acceptors (Lipinski definition) is 5. The molecule has 8 heteroatoms. The zero-order chi connectivity index (χ0) is 22.7. The van der Waals surface area contributed by atoms with Crippen LogP contribution in [0.25, 0.3) is 0 Å². The fraction of sp³-hybridized carbons (Fsp3) is 0.640. The molecule has 3 amide bonds. The lowest BCUT2D eigenvalue weighted by Crippen LogP contribution is -2.58. The lowest BCUT2D eigenvalue weighted by molar-refractivity contribution is -0.136. The maximum absolute atomic E-state index is 15.0. The molecule has 0 spiro atoms. The number of carbonyl (C=O) groups is 3. The molecule has 5 aliphatic rings. The number of carbonyl (C=O) groups excluding carboxylic acids is 3. The first kappa shape index (κ1) is 21.1. The van der Waals surface area contributed by atoms with E-state index in [1.54, 1.807) is 6.07 Å². The number of amides is 3. The van der Waals surface area contributed by atoms with Crippen LogP contribution in [0, 0.1) is 17.7 Å². The van der Waals surface area contributed by atoms with Gasteiger partial charge in [-0.15, -0.1) is 0 Å². The molecule has 2 aliphatic carbocycles. The van der Waals surface area contributed by atoms with E-state index in [1.807, 2.05) is 0 Å². The van der Waals surface area contributed by atoms with Crippen molar-refractivity contribution in [3.63, 3.8) is 0 Å². The van der Waals surface area contributed by atoms with Crippen molar-refractivity contribution in [3.8, 4) is 5.75 Å². The summed E-state index contributed by atoms with van der Waals surface area (Å²) in [6, 6.07) is 2.51. The van der Waals surface area contributed by atoms with Crippen LogP contribution in [0.15, 0.2) is 12.1 Å². The first-order valence-electron chi connectivity index (χ1n) is 12.4. The molecule has 0 bridgehead atoms. The number of nitrogens with one attached hydrogen (secondary N) is 1. The molecule has 0 radical (unpaired) electrons. The SMILES string of the molecule is O=C1CCC(N2Cc3cc(O[C@H]4CCCC[C@@H]4N4CC(C5CC5)C4)c(F)cc3C2=O)C(=O)N1. The summed E-state index contributed by atoms with van der Waals surface area (Å²) < 4.78 is 21.3. The quantitative estimate of drug-likeness (QED) is 0.691. The second-order valence-electron chi connectivity index (χ2n) is 10.4. The molecule has 2 saturated heterocycles. The Bertz CT molecular complexity index is 1000. The van der Waals surface area contributed by atoms with Gasteiger partial charge in [-0.25, -0.2) is 4.39 Å². The highest BCUT2D eigenvalue weighted by molar-refractivity contribution is 6.05. The number of halogens is 1. The molecule has 2 saturated carbocycles. The summed E-state index contributed by atoms with van der Waals surface area (Å²) in [4.78, 5) is 40.6. The van der Waals surface area contributed by atoms with Gasteiger partial charge in [0, 0.05) is 37.7 Å². The molecular formula is C25H30FN3O4. The summed E-state index contributed by atoms with van der Waals surface area (Å²) >= 11 is 0. The van der Waals surface area contributed by atoms with Crippen molar-refractivity contribution in [2.24, 2.45) is 11.8 Å². The summed E-state index contributed by atoms with van der Waals surface area (Å²) in [5.74, 6) is 0.256. The predicted molar refractivity (Wildman–Crippen MR) is 117 cm³/mol. The fourth-order valence-electron chi connectivity index (χ4n) is 6.14. The van der Waals surface area contributed by atoms with E-state index >= 15 is 4.39 Å². The van der Waals surface area contributed by atoms with Crippen LogP contribution in [0.4, 0.5) is 4.39 Å². The molecule has 4 fully saturated rings. The van der Waals surface area contributed by atoms with Gasteiger partial charge < -0.3 is 9.64 Å². The minimum atomic E-state index is -0.705. The first-order valence-corrected chi connectivity index (χ1v) is 12.4. The van der Waals surface area contributed by atoms with Gasteiger partial charge >= 0.3 is 0 Å². The largest absolute Gasteiger partial charge is 0.486 e. The Labute approximate surface area is 192 Å². The zero-order valence-corrected chi connectivity index (χ0v) is 18.7. The summed E-state index contributed by atoms with van der Waals surface area (Å²) in [5, 5.41) is 2.30. The number of rotatable bonds is 5. The van der Waals surface area contributed by atoms with Crippen LogP contribution in [0.5, 0.6) is 5.75 Å². The molecule has 176 valence electrons. The van der Waals surface area contributed by atoms with Gasteiger partial charge in [-0.3, -0.25) is 24.6 Å². The molecule has 7 nitrogen and oxygen atoms in total. The Hall–Kier alpha value is -2.48. The van der Waals surface area contributed by atoms with Crippen LogP contribution < -0.4 is 10.1 Å². The minimum Gasteiger partial charge on any atom is -0.486 e. The van der Waals surface area contributed by atoms with E-state index in [0.29, 0.717) is 11.6 Å². The fourth-order valence-corrected chi connectivity index (χ4v) is 6.14. The minimum absolute atomic E-state index is 0.0465. The predicted octanol–water partition coefficient (Wildman–Crippen LogP) is 2.62. The average Bonchev–Trinajstić information content (AvgIpc) is 3.54. The van der Waals surface area contributed by atoms with Crippen molar-refractivity contribution in [2.45, 2.75) is 76.1 Å². The summed E-state index contributed by atoms with van der Waals surface area (Å²) in [5.41, 5.74) is 0.950. The molecule has 0 aromatic heterocycles. The van der Waals surface area contributed by atoms with E-state index in [2.05, 4.69) is 10.2 Å². The third-order valence-electron chi connectivity index (χ3n) is 8.22. The standard InChI is InChI=1S/C25H30FN3O4/c26-18-10-17-15(13-29(25(17)32)20-7-8-23(30)27-24(20)31)9-22(18)33-21-4-2-1-3-19(21)28-11-16(12-28)14-5-6-14/h9-10,14,16,19-21H,1-8,11-13H2,(H,27,30,31)/t19-,20?,21-/m0/s1. The summed E-state index contributed by atoms with van der Waals surface area (Å²) in [6.45, 7) is 2.49. The summed E-state index contributed by atoms with van der Waals surface area (Å²) in [6.07, 6.45) is 7.43. The smallest absolute Gasteiger partial charge is 0.255 e. The second kappa shape index (κ2) is 8.08. The van der Waals surface area contributed by atoms with Crippen LogP contribution in [0.1, 0.15) is 67.3 Å². The van der Waals surface area contributed by atoms with Crippen LogP contribution in [0.2, 0.25) is 0 Å². The van der Waals surface area contributed by atoms with E-state index in [9.17, 15) is 14.4 Å². The van der Waals surface area contributed by atoms with E-state index < -0.39 is 17.8 Å². The third-order valence-corrected chi connectivity index (χ3v) is 8.22. The highest BCUT2D eigenvalue weighted by Crippen LogP contribution is 2.43. The van der Waals surface area contributed by atoms with Crippen molar-refractivity contribution in [1.82, 2.24) is 15.1 Å². The monoisotopic (exact) mass is 455 g/mol. The Balaban J connectivity index is 1.17. The van der Waals surface area contributed by atoms with Gasteiger partial charge in [0.15, 0.2) is 11.6 Å². The van der Waals surface area contributed by atoms with Crippen LogP contribution in [-0.2, 0) is 16.1 Å². The Kier molecular flexibility index (Phi) is 5.16. The number of hydrogen-bond donors (Lipinski definition) is 1. The molecule has 33 heavy (non-hydrogen) atoms. The zero-order valence-electron chi connectivity index (χ0n) is 18.7. The molecule has 1 N–H and O–H groups in total. The number of imide groups is 1. The second-order valence-corrected chi connectivity index (χ2v) is 10.4. The Morgan fingerprint density at radius 2 is 1.76 bits per heavy atom. The number of nitrogens with zero attached hydrogens (tertiary/aromatic N) is 2. The van der Waals surface area contributed by atoms with Gasteiger partial charge in [-0.2, -0.15) is 0 Å². The Morgan fingerprint density at radius 3 is 2.52 bits per heavy atom. The van der Waals surface area contributed by atoms with Crippen molar-refractivity contribution >= 4 is 17.7 Å². The van der Waals surface area contributed by atoms with Gasteiger partial charge in [0.05, 0.1) is 0 Å². The number of benzene rings is 1. The molecule has 1 aromatic rings. The molecule has 3 atom stereocenters. The molecule has 6 rings (SSSR count). The van der Waals surface area contributed by atoms with E-state index in [-0.39, 0.29) is 48.6 Å². The summed E-state index contributed by atoms with van der Waals surface area (Å²) in [7, 11) is 0. The lowest BCUT2D eigenvalue weighted by atomic mass is 9.85.